The number of hydrogen-bond acceptors (Lipinski definition) is 10. The number of carbonyl (C=O) groups excluding carboxylic acids is 3. The largest absolute Gasteiger partial charge is 0.444 e. The van der Waals surface area contributed by atoms with Gasteiger partial charge >= 0.3 is 12.2 Å². The molecule has 3 amide bonds. The molecule has 0 spiro atoms. The number of imide groups is 1. The number of benzene rings is 1. The third-order valence-corrected chi connectivity index (χ3v) is 8.16. The number of rotatable bonds is 5. The van der Waals surface area contributed by atoms with Crippen LogP contribution in [-0.2, 0) is 16.0 Å². The minimum absolute atomic E-state index is 0.161. The van der Waals surface area contributed by atoms with E-state index in [1.807, 2.05) is 45.0 Å². The first kappa shape index (κ1) is 32.5. The second-order valence-corrected chi connectivity index (χ2v) is 14.2. The SMILES string of the molecule is CC(C)(C)OC(=O)N1CCN(CC2(O)CCN(c3ccc(Nc4cccc5c4C(=O)N(C(=O)OC(C)(C)C)C5)nc3)CC2)CC1. The predicted molar refractivity (Wildman–Crippen MR) is 171 cm³/mol. The van der Waals surface area contributed by atoms with Crippen LogP contribution in [-0.4, -0.2) is 106 Å². The number of β-amino-alcohol motifs (C(OH)–C–C–N with tert-alkyl or cyclic N) is 1. The summed E-state index contributed by atoms with van der Waals surface area (Å²) in [7, 11) is 0. The van der Waals surface area contributed by atoms with Crippen molar-refractivity contribution in [2.75, 3.05) is 56.0 Å². The van der Waals surface area contributed by atoms with E-state index in [0.29, 0.717) is 75.7 Å². The maximum Gasteiger partial charge on any atom is 0.417 e. The van der Waals surface area contributed by atoms with Crippen LogP contribution in [0.25, 0.3) is 0 Å². The second-order valence-electron chi connectivity index (χ2n) is 14.2. The number of hydrogen-bond donors (Lipinski definition) is 2. The highest BCUT2D eigenvalue weighted by Crippen LogP contribution is 2.33. The van der Waals surface area contributed by atoms with Gasteiger partial charge in [0.25, 0.3) is 5.91 Å². The number of carbonyl (C=O) groups is 3. The molecular weight excluding hydrogens is 576 g/mol. The van der Waals surface area contributed by atoms with Gasteiger partial charge in [0.2, 0.25) is 0 Å². The summed E-state index contributed by atoms with van der Waals surface area (Å²) in [6.07, 6.45) is 2.11. The zero-order valence-electron chi connectivity index (χ0n) is 27.3. The van der Waals surface area contributed by atoms with E-state index in [1.54, 1.807) is 37.9 Å². The van der Waals surface area contributed by atoms with Crippen LogP contribution in [0.3, 0.4) is 0 Å². The van der Waals surface area contributed by atoms with Crippen molar-refractivity contribution in [1.29, 1.82) is 0 Å². The average Bonchev–Trinajstić information content (AvgIpc) is 3.30. The quantitative estimate of drug-likeness (QED) is 0.488. The van der Waals surface area contributed by atoms with Crippen LogP contribution < -0.4 is 10.2 Å². The van der Waals surface area contributed by atoms with Crippen molar-refractivity contribution in [3.05, 3.63) is 47.7 Å². The molecule has 2 fully saturated rings. The van der Waals surface area contributed by atoms with Crippen molar-refractivity contribution in [3.63, 3.8) is 0 Å². The van der Waals surface area contributed by atoms with E-state index in [-0.39, 0.29) is 12.6 Å². The molecule has 5 rings (SSSR count). The molecule has 12 nitrogen and oxygen atoms in total. The Hall–Kier alpha value is -3.90. The van der Waals surface area contributed by atoms with Crippen LogP contribution in [0.5, 0.6) is 0 Å². The third kappa shape index (κ3) is 8.04. The number of aliphatic hydroxyl groups is 1. The van der Waals surface area contributed by atoms with Gasteiger partial charge in [0.15, 0.2) is 0 Å². The summed E-state index contributed by atoms with van der Waals surface area (Å²) in [5.41, 5.74) is 0.727. The van der Waals surface area contributed by atoms with Gasteiger partial charge in [0.05, 0.1) is 35.3 Å². The van der Waals surface area contributed by atoms with Gasteiger partial charge in [-0.2, -0.15) is 0 Å². The van der Waals surface area contributed by atoms with Crippen LogP contribution in [0.1, 0.15) is 70.3 Å². The monoisotopic (exact) mass is 622 g/mol. The highest BCUT2D eigenvalue weighted by molar-refractivity contribution is 6.10. The Morgan fingerprint density at radius 1 is 0.911 bits per heavy atom. The number of nitrogens with zero attached hydrogens (tertiary/aromatic N) is 5. The smallest absolute Gasteiger partial charge is 0.417 e. The first-order chi connectivity index (χ1) is 21.1. The van der Waals surface area contributed by atoms with E-state index in [2.05, 4.69) is 20.1 Å². The van der Waals surface area contributed by atoms with E-state index in [1.165, 1.54) is 0 Å². The number of fused-ring (bicyclic) bond motifs is 1. The molecule has 0 unspecified atom stereocenters. The first-order valence-corrected chi connectivity index (χ1v) is 15.7. The number of amides is 3. The zero-order chi connectivity index (χ0) is 32.6. The number of piperidine rings is 1. The van der Waals surface area contributed by atoms with Crippen LogP contribution in [0.15, 0.2) is 36.5 Å². The summed E-state index contributed by atoms with van der Waals surface area (Å²) in [5.74, 6) is 0.180. The number of ether oxygens (including phenoxy) is 2. The van der Waals surface area contributed by atoms with Gasteiger partial charge in [-0.15, -0.1) is 0 Å². The molecule has 45 heavy (non-hydrogen) atoms. The van der Waals surface area contributed by atoms with Crippen molar-refractivity contribution < 1.29 is 29.0 Å². The molecule has 2 N–H and O–H groups in total. The molecule has 0 atom stereocenters. The maximum atomic E-state index is 13.2. The Morgan fingerprint density at radius 2 is 1.56 bits per heavy atom. The molecule has 0 radical (unpaired) electrons. The summed E-state index contributed by atoms with van der Waals surface area (Å²) in [6, 6.07) is 9.32. The van der Waals surface area contributed by atoms with Crippen LogP contribution in [0, 0.1) is 0 Å². The van der Waals surface area contributed by atoms with Gasteiger partial charge in [-0.25, -0.2) is 19.5 Å². The Bertz CT molecular complexity index is 1400. The Balaban J connectivity index is 1.13. The van der Waals surface area contributed by atoms with Gasteiger partial charge < -0.3 is 29.7 Å². The molecule has 0 bridgehead atoms. The lowest BCUT2D eigenvalue weighted by Crippen LogP contribution is -2.56. The zero-order valence-corrected chi connectivity index (χ0v) is 27.3. The van der Waals surface area contributed by atoms with Crippen molar-refractivity contribution in [1.82, 2.24) is 19.7 Å². The normalized spacial score (nSPS) is 18.9. The molecule has 2 saturated heterocycles. The van der Waals surface area contributed by atoms with E-state index >= 15 is 0 Å². The summed E-state index contributed by atoms with van der Waals surface area (Å²) in [4.78, 5) is 50.1. The summed E-state index contributed by atoms with van der Waals surface area (Å²) in [5, 5.41) is 14.6. The highest BCUT2D eigenvalue weighted by atomic mass is 16.6. The second kappa shape index (κ2) is 12.5. The number of anilines is 3. The van der Waals surface area contributed by atoms with Gasteiger partial charge in [0, 0.05) is 45.8 Å². The van der Waals surface area contributed by atoms with Crippen molar-refractivity contribution in [2.24, 2.45) is 0 Å². The fraction of sp³-hybridized carbons (Fsp3) is 0.576. The minimum Gasteiger partial charge on any atom is -0.444 e. The minimum atomic E-state index is -0.785. The Morgan fingerprint density at radius 3 is 2.16 bits per heavy atom. The number of piperazine rings is 1. The van der Waals surface area contributed by atoms with E-state index in [0.717, 1.165) is 16.2 Å². The molecule has 3 aliphatic rings. The fourth-order valence-electron chi connectivity index (χ4n) is 5.89. The molecule has 244 valence electrons. The van der Waals surface area contributed by atoms with Gasteiger partial charge in [-0.05, 0) is 78.1 Å². The molecule has 0 aliphatic carbocycles. The summed E-state index contributed by atoms with van der Waals surface area (Å²) in [6.45, 7) is 15.6. The molecule has 3 aliphatic heterocycles. The molecule has 0 saturated carbocycles. The van der Waals surface area contributed by atoms with Crippen molar-refractivity contribution >= 4 is 35.3 Å². The molecular formula is C33H46N6O6. The molecule has 2 aromatic rings. The topological polar surface area (TPSA) is 128 Å². The maximum absolute atomic E-state index is 13.2. The third-order valence-electron chi connectivity index (χ3n) is 8.16. The number of aromatic nitrogens is 1. The van der Waals surface area contributed by atoms with Crippen LogP contribution in [0.2, 0.25) is 0 Å². The van der Waals surface area contributed by atoms with E-state index in [9.17, 15) is 19.5 Å². The molecule has 12 heteroatoms. The lowest BCUT2D eigenvalue weighted by Gasteiger charge is -2.43. The van der Waals surface area contributed by atoms with Gasteiger partial charge in [0.1, 0.15) is 17.0 Å². The Labute approximate surface area is 265 Å². The Kier molecular flexibility index (Phi) is 9.01. The van der Waals surface area contributed by atoms with E-state index in [4.69, 9.17) is 9.47 Å². The van der Waals surface area contributed by atoms with Crippen LogP contribution in [0.4, 0.5) is 26.8 Å². The molecule has 4 heterocycles. The fourth-order valence-corrected chi connectivity index (χ4v) is 5.89. The number of nitrogens with one attached hydrogen (secondary N) is 1. The molecule has 1 aromatic heterocycles. The predicted octanol–water partition coefficient (Wildman–Crippen LogP) is 4.60. The first-order valence-electron chi connectivity index (χ1n) is 15.7. The summed E-state index contributed by atoms with van der Waals surface area (Å²) >= 11 is 0. The lowest BCUT2D eigenvalue weighted by atomic mass is 9.90. The standard InChI is InChI=1S/C33H46N6O6/c1-31(2,3)44-29(41)38-18-16-36(17-19-38)22-33(43)12-14-37(15-13-33)24-10-11-26(34-20-24)35-25-9-7-8-23-21-39(28(40)27(23)25)30(42)45-32(4,5)6/h7-11,20,43H,12-19,21-22H2,1-6H3,(H,34,35). The van der Waals surface area contributed by atoms with Gasteiger partial charge in [-0.1, -0.05) is 12.1 Å². The molecule has 1 aromatic carbocycles. The lowest BCUT2D eigenvalue weighted by molar-refractivity contribution is -0.0303. The van der Waals surface area contributed by atoms with E-state index < -0.39 is 28.8 Å². The van der Waals surface area contributed by atoms with Gasteiger partial charge in [-0.3, -0.25) is 9.69 Å². The highest BCUT2D eigenvalue weighted by Gasteiger charge is 2.38. The summed E-state index contributed by atoms with van der Waals surface area (Å²) < 4.78 is 10.9. The van der Waals surface area contributed by atoms with Crippen molar-refractivity contribution in [2.45, 2.75) is 77.7 Å². The number of pyridine rings is 1. The average molecular weight is 623 g/mol. The van der Waals surface area contributed by atoms with Crippen LogP contribution >= 0.6 is 0 Å². The van der Waals surface area contributed by atoms with Crippen molar-refractivity contribution in [3.8, 4) is 0 Å².